The average molecular weight is 470 g/mol. The largest absolute Gasteiger partial charge is 0.480 e. The van der Waals surface area contributed by atoms with Crippen LogP contribution in [0, 0.1) is 0 Å². The maximum atomic E-state index is 11.9. The van der Waals surface area contributed by atoms with E-state index in [0.29, 0.717) is 6.42 Å². The molecule has 0 saturated heterocycles. The first-order chi connectivity index (χ1) is 16.0. The molecule has 0 aliphatic rings. The average Bonchev–Trinajstić information content (AvgIpc) is 2.79. The summed E-state index contributed by atoms with van der Waals surface area (Å²) in [6.07, 6.45) is 22.7. The monoisotopic (exact) mass is 469 g/mol. The summed E-state index contributed by atoms with van der Waals surface area (Å²) in [6.45, 7) is 7.70. The molecule has 5 nitrogen and oxygen atoms in total. The van der Waals surface area contributed by atoms with Gasteiger partial charge >= 0.3 is 5.97 Å². The summed E-state index contributed by atoms with van der Waals surface area (Å²) >= 11 is 0. The minimum absolute atomic E-state index is 0.0614. The van der Waals surface area contributed by atoms with Gasteiger partial charge in [-0.05, 0) is 19.8 Å². The number of hydrogen-bond acceptors (Lipinski definition) is 3. The number of carbonyl (C=O) groups is 3. The Labute approximate surface area is 204 Å². The van der Waals surface area contributed by atoms with E-state index in [1.807, 2.05) is 13.8 Å². The number of rotatable bonds is 23. The molecule has 0 rings (SSSR count). The normalized spacial score (nSPS) is 11.4. The van der Waals surface area contributed by atoms with Crippen LogP contribution in [-0.2, 0) is 14.4 Å². The molecular weight excluding hydrogens is 414 g/mol. The standard InChI is InChI=1S/C26H49NO4.C2H6/c1-3-4-5-6-7-8-9-10-11-12-13-14-15-16-17-18-19-20-25(29)27-24(26(30)31)22-21-23(2)28;1-2/h24H,3-22H2,1-2H3,(H,27,29)(H,30,31);1-2H3. The Morgan fingerprint density at radius 2 is 1.00 bits per heavy atom. The lowest BCUT2D eigenvalue weighted by Gasteiger charge is -2.13. The first-order valence-corrected chi connectivity index (χ1v) is 14.0. The van der Waals surface area contributed by atoms with Gasteiger partial charge in [-0.25, -0.2) is 4.79 Å². The molecule has 0 fully saturated rings. The zero-order valence-electron chi connectivity index (χ0n) is 22.4. The third kappa shape index (κ3) is 26.7. The van der Waals surface area contributed by atoms with Gasteiger partial charge in [-0.3, -0.25) is 4.79 Å². The van der Waals surface area contributed by atoms with E-state index in [4.69, 9.17) is 5.11 Å². The molecule has 1 unspecified atom stereocenters. The van der Waals surface area contributed by atoms with Crippen molar-refractivity contribution >= 4 is 17.7 Å². The van der Waals surface area contributed by atoms with Crippen molar-refractivity contribution in [2.45, 2.75) is 162 Å². The maximum absolute atomic E-state index is 11.9. The molecule has 33 heavy (non-hydrogen) atoms. The zero-order valence-corrected chi connectivity index (χ0v) is 22.4. The summed E-state index contributed by atoms with van der Waals surface area (Å²) in [5, 5.41) is 11.7. The van der Waals surface area contributed by atoms with Crippen LogP contribution in [0.4, 0.5) is 0 Å². The second-order valence-corrected chi connectivity index (χ2v) is 9.11. The molecule has 0 aromatic heterocycles. The van der Waals surface area contributed by atoms with Crippen LogP contribution in [0.15, 0.2) is 0 Å². The fourth-order valence-corrected chi connectivity index (χ4v) is 3.88. The lowest BCUT2D eigenvalue weighted by molar-refractivity contribution is -0.142. The van der Waals surface area contributed by atoms with E-state index >= 15 is 0 Å². The quantitative estimate of drug-likeness (QED) is 0.148. The lowest BCUT2D eigenvalue weighted by atomic mass is 10.0. The molecule has 5 heteroatoms. The van der Waals surface area contributed by atoms with Crippen molar-refractivity contribution in [2.24, 2.45) is 0 Å². The van der Waals surface area contributed by atoms with Gasteiger partial charge in [0.15, 0.2) is 0 Å². The number of carboxylic acids is 1. The molecule has 0 aliphatic carbocycles. The van der Waals surface area contributed by atoms with Crippen LogP contribution < -0.4 is 5.32 Å². The van der Waals surface area contributed by atoms with Gasteiger partial charge in [0.05, 0.1) is 0 Å². The Morgan fingerprint density at radius 3 is 1.33 bits per heavy atom. The van der Waals surface area contributed by atoms with Crippen LogP contribution in [-0.4, -0.2) is 28.8 Å². The maximum Gasteiger partial charge on any atom is 0.326 e. The highest BCUT2D eigenvalue weighted by atomic mass is 16.4. The summed E-state index contributed by atoms with van der Waals surface area (Å²) in [4.78, 5) is 34.1. The van der Waals surface area contributed by atoms with Crippen molar-refractivity contribution in [3.8, 4) is 0 Å². The Balaban J connectivity index is 0. The molecule has 0 heterocycles. The minimum Gasteiger partial charge on any atom is -0.480 e. The highest BCUT2D eigenvalue weighted by molar-refractivity contribution is 5.84. The predicted octanol–water partition coefficient (Wildman–Crippen LogP) is 7.99. The van der Waals surface area contributed by atoms with Crippen molar-refractivity contribution in [2.75, 3.05) is 0 Å². The fourth-order valence-electron chi connectivity index (χ4n) is 3.88. The van der Waals surface area contributed by atoms with E-state index < -0.39 is 12.0 Å². The number of carboxylic acid groups (broad SMARTS) is 1. The Hall–Kier alpha value is -1.39. The Bertz CT molecular complexity index is 465. The van der Waals surface area contributed by atoms with E-state index in [2.05, 4.69) is 12.2 Å². The predicted molar refractivity (Wildman–Crippen MR) is 140 cm³/mol. The van der Waals surface area contributed by atoms with Gasteiger partial charge in [0, 0.05) is 12.8 Å². The topological polar surface area (TPSA) is 83.5 Å². The number of amides is 1. The molecule has 0 bridgehead atoms. The van der Waals surface area contributed by atoms with Gasteiger partial charge in [0.25, 0.3) is 0 Å². The molecule has 0 radical (unpaired) electrons. The summed E-state index contributed by atoms with van der Waals surface area (Å²) in [6, 6.07) is -0.956. The van der Waals surface area contributed by atoms with Gasteiger partial charge < -0.3 is 15.2 Å². The van der Waals surface area contributed by atoms with Crippen LogP contribution in [0.25, 0.3) is 0 Å². The van der Waals surface area contributed by atoms with Crippen molar-refractivity contribution in [3.05, 3.63) is 0 Å². The number of unbranched alkanes of at least 4 members (excludes halogenated alkanes) is 16. The third-order valence-electron chi connectivity index (χ3n) is 5.93. The molecular formula is C28H55NO4. The van der Waals surface area contributed by atoms with Gasteiger partial charge in [-0.15, -0.1) is 0 Å². The molecule has 0 aliphatic heterocycles. The Kier molecular flexibility index (Phi) is 27.5. The zero-order chi connectivity index (χ0) is 25.2. The number of carbonyl (C=O) groups excluding carboxylic acids is 2. The van der Waals surface area contributed by atoms with Crippen molar-refractivity contribution < 1.29 is 19.5 Å². The molecule has 2 N–H and O–H groups in total. The Morgan fingerprint density at radius 1 is 0.636 bits per heavy atom. The first kappa shape index (κ1) is 33.8. The minimum atomic E-state index is -1.07. The highest BCUT2D eigenvalue weighted by Crippen LogP contribution is 2.14. The number of aliphatic carboxylic acids is 1. The second kappa shape index (κ2) is 26.9. The van der Waals surface area contributed by atoms with E-state index in [0.717, 1.165) is 19.3 Å². The molecule has 0 aromatic rings. The summed E-state index contributed by atoms with van der Waals surface area (Å²) in [5.41, 5.74) is 0. The van der Waals surface area contributed by atoms with Gasteiger partial charge in [-0.2, -0.15) is 0 Å². The molecule has 1 atom stereocenters. The molecule has 0 saturated carbocycles. The molecule has 1 amide bonds. The molecule has 196 valence electrons. The number of Topliss-reactive ketones (excluding diaryl/α,β-unsaturated/α-hetero) is 1. The fraction of sp³-hybridized carbons (Fsp3) is 0.893. The number of ketones is 1. The van der Waals surface area contributed by atoms with E-state index in [1.54, 1.807) is 0 Å². The summed E-state index contributed by atoms with van der Waals surface area (Å²) in [7, 11) is 0. The number of nitrogens with one attached hydrogen (secondary N) is 1. The molecule has 0 spiro atoms. The van der Waals surface area contributed by atoms with Crippen molar-refractivity contribution in [3.63, 3.8) is 0 Å². The van der Waals surface area contributed by atoms with Crippen LogP contribution in [0.2, 0.25) is 0 Å². The second-order valence-electron chi connectivity index (χ2n) is 9.11. The SMILES string of the molecule is CC.CCCCCCCCCCCCCCCCCCCC(=O)NC(CCC(C)=O)C(=O)O. The van der Waals surface area contributed by atoms with Crippen LogP contribution in [0.3, 0.4) is 0 Å². The molecule has 0 aromatic carbocycles. The summed E-state index contributed by atoms with van der Waals surface area (Å²) < 4.78 is 0. The van der Waals surface area contributed by atoms with E-state index in [9.17, 15) is 14.4 Å². The van der Waals surface area contributed by atoms with Crippen LogP contribution >= 0.6 is 0 Å². The van der Waals surface area contributed by atoms with Crippen LogP contribution in [0.1, 0.15) is 156 Å². The van der Waals surface area contributed by atoms with E-state index in [1.165, 1.54) is 96.8 Å². The van der Waals surface area contributed by atoms with E-state index in [-0.39, 0.29) is 24.5 Å². The number of hydrogen-bond donors (Lipinski definition) is 2. The third-order valence-corrected chi connectivity index (χ3v) is 5.93. The van der Waals surface area contributed by atoms with Crippen molar-refractivity contribution in [1.82, 2.24) is 5.32 Å². The van der Waals surface area contributed by atoms with Gasteiger partial charge in [0.1, 0.15) is 11.8 Å². The lowest BCUT2D eigenvalue weighted by Crippen LogP contribution is -2.40. The summed E-state index contributed by atoms with van der Waals surface area (Å²) in [5.74, 6) is -1.36. The highest BCUT2D eigenvalue weighted by Gasteiger charge is 2.19. The van der Waals surface area contributed by atoms with Crippen molar-refractivity contribution in [1.29, 1.82) is 0 Å². The first-order valence-electron chi connectivity index (χ1n) is 14.0. The van der Waals surface area contributed by atoms with Crippen LogP contribution in [0.5, 0.6) is 0 Å². The smallest absolute Gasteiger partial charge is 0.326 e. The van der Waals surface area contributed by atoms with Gasteiger partial charge in [-0.1, -0.05) is 124 Å². The van der Waals surface area contributed by atoms with Gasteiger partial charge in [0.2, 0.25) is 5.91 Å².